The Hall–Kier alpha value is -2.79. The van der Waals surface area contributed by atoms with Crippen LogP contribution in [0.25, 0.3) is 10.9 Å². The van der Waals surface area contributed by atoms with Crippen molar-refractivity contribution >= 4 is 40.0 Å². The molecular weight excluding hydrogens is 350 g/mol. The second-order valence-electron chi connectivity index (χ2n) is 6.58. The highest BCUT2D eigenvalue weighted by molar-refractivity contribution is 6.30. The van der Waals surface area contributed by atoms with Crippen molar-refractivity contribution in [3.63, 3.8) is 0 Å². The Morgan fingerprint density at radius 3 is 2.73 bits per heavy atom. The maximum atomic E-state index is 12.9. The maximum absolute atomic E-state index is 12.9. The largest absolute Gasteiger partial charge is 0.361 e. The molecule has 5 nitrogen and oxygen atoms in total. The number of nitrogens with zero attached hydrogens (tertiary/aromatic N) is 1. The molecule has 1 aliphatic heterocycles. The van der Waals surface area contributed by atoms with Gasteiger partial charge >= 0.3 is 0 Å². The molecule has 1 fully saturated rings. The number of likely N-dealkylation sites (tertiary alicyclic amines) is 1. The van der Waals surface area contributed by atoms with Gasteiger partial charge in [-0.15, -0.1) is 0 Å². The summed E-state index contributed by atoms with van der Waals surface area (Å²) < 4.78 is 0. The number of H-pyrrole nitrogens is 1. The van der Waals surface area contributed by atoms with Crippen molar-refractivity contribution in [3.8, 4) is 0 Å². The molecule has 2 unspecified atom stereocenters. The Balaban J connectivity index is 1.60. The van der Waals surface area contributed by atoms with Gasteiger partial charge < -0.3 is 15.2 Å². The van der Waals surface area contributed by atoms with Crippen molar-refractivity contribution in [1.29, 1.82) is 0 Å². The van der Waals surface area contributed by atoms with Crippen LogP contribution in [-0.2, 0) is 9.59 Å². The zero-order chi connectivity index (χ0) is 18.3. The van der Waals surface area contributed by atoms with E-state index in [0.29, 0.717) is 5.02 Å². The zero-order valence-corrected chi connectivity index (χ0v) is 15.0. The van der Waals surface area contributed by atoms with E-state index in [1.165, 1.54) is 0 Å². The van der Waals surface area contributed by atoms with Crippen molar-refractivity contribution in [2.75, 3.05) is 12.4 Å². The second-order valence-corrected chi connectivity index (χ2v) is 7.02. The minimum atomic E-state index is -0.449. The van der Waals surface area contributed by atoms with Crippen LogP contribution in [0.3, 0.4) is 0 Å². The number of benzene rings is 2. The molecule has 26 heavy (non-hydrogen) atoms. The predicted molar refractivity (Wildman–Crippen MR) is 102 cm³/mol. The van der Waals surface area contributed by atoms with Crippen LogP contribution < -0.4 is 5.32 Å². The molecule has 0 spiro atoms. The lowest BCUT2D eigenvalue weighted by atomic mass is 9.93. The molecule has 2 heterocycles. The fourth-order valence-corrected chi connectivity index (χ4v) is 3.71. The molecule has 4 rings (SSSR count). The van der Waals surface area contributed by atoms with Gasteiger partial charge in [-0.2, -0.15) is 0 Å². The molecule has 1 aliphatic rings. The standard InChI is InChI=1S/C20H18ClN3O2/c1-24-18(25)11-16(19(24)12-2-4-14(21)5-3-12)20(26)23-15-6-7-17-13(10-15)8-9-22-17/h2-10,16,19,22H,11H2,1H3,(H,23,26). The molecule has 0 bridgehead atoms. The van der Waals surface area contributed by atoms with Crippen LogP contribution in [0.4, 0.5) is 5.69 Å². The molecule has 2 aromatic carbocycles. The summed E-state index contributed by atoms with van der Waals surface area (Å²) >= 11 is 5.97. The molecule has 0 radical (unpaired) electrons. The molecule has 0 aliphatic carbocycles. The van der Waals surface area contributed by atoms with Crippen LogP contribution >= 0.6 is 11.6 Å². The first kappa shape index (κ1) is 16.7. The van der Waals surface area contributed by atoms with Crippen LogP contribution in [0.1, 0.15) is 18.0 Å². The average Bonchev–Trinajstić information content (AvgIpc) is 3.20. The summed E-state index contributed by atoms with van der Waals surface area (Å²) in [7, 11) is 1.74. The topological polar surface area (TPSA) is 65.2 Å². The zero-order valence-electron chi connectivity index (χ0n) is 14.2. The lowest BCUT2D eigenvalue weighted by Gasteiger charge is -2.25. The van der Waals surface area contributed by atoms with E-state index >= 15 is 0 Å². The van der Waals surface area contributed by atoms with E-state index in [1.807, 2.05) is 42.6 Å². The Labute approximate surface area is 155 Å². The Kier molecular flexibility index (Phi) is 4.17. The number of carbonyl (C=O) groups is 2. The monoisotopic (exact) mass is 367 g/mol. The van der Waals surface area contributed by atoms with Crippen LogP contribution in [0.2, 0.25) is 5.02 Å². The lowest BCUT2D eigenvalue weighted by molar-refractivity contribution is -0.127. The SMILES string of the molecule is CN1C(=O)CC(C(=O)Nc2ccc3[nH]ccc3c2)C1c1ccc(Cl)cc1. The third-order valence-corrected chi connectivity index (χ3v) is 5.21. The molecule has 132 valence electrons. The summed E-state index contributed by atoms with van der Waals surface area (Å²) in [5, 5.41) is 4.61. The van der Waals surface area contributed by atoms with Crippen molar-refractivity contribution in [3.05, 3.63) is 65.3 Å². The van der Waals surface area contributed by atoms with E-state index in [-0.39, 0.29) is 24.3 Å². The number of nitrogens with one attached hydrogen (secondary N) is 2. The van der Waals surface area contributed by atoms with Gasteiger partial charge in [0.05, 0.1) is 12.0 Å². The molecule has 0 saturated carbocycles. The Morgan fingerprint density at radius 1 is 1.19 bits per heavy atom. The first-order valence-electron chi connectivity index (χ1n) is 8.42. The molecule has 1 aromatic heterocycles. The first-order chi connectivity index (χ1) is 12.5. The van der Waals surface area contributed by atoms with Crippen LogP contribution in [-0.4, -0.2) is 28.7 Å². The molecule has 2 N–H and O–H groups in total. The average molecular weight is 368 g/mol. The van der Waals surface area contributed by atoms with E-state index in [0.717, 1.165) is 22.2 Å². The summed E-state index contributed by atoms with van der Waals surface area (Å²) in [6.45, 7) is 0. The van der Waals surface area contributed by atoms with Gasteiger partial charge in [-0.3, -0.25) is 9.59 Å². The minimum absolute atomic E-state index is 0.0359. The summed E-state index contributed by atoms with van der Waals surface area (Å²) in [5.74, 6) is -0.640. The number of hydrogen-bond acceptors (Lipinski definition) is 2. The molecule has 2 amide bonds. The molecule has 6 heteroatoms. The van der Waals surface area contributed by atoms with Gasteiger partial charge in [0, 0.05) is 41.3 Å². The van der Waals surface area contributed by atoms with Crippen molar-refractivity contribution in [1.82, 2.24) is 9.88 Å². The first-order valence-corrected chi connectivity index (χ1v) is 8.80. The van der Waals surface area contributed by atoms with Crippen molar-refractivity contribution in [2.24, 2.45) is 5.92 Å². The normalized spacial score (nSPS) is 19.9. The van der Waals surface area contributed by atoms with Crippen LogP contribution in [0.5, 0.6) is 0 Å². The van der Waals surface area contributed by atoms with Gasteiger partial charge in [-0.1, -0.05) is 23.7 Å². The number of anilines is 1. The highest BCUT2D eigenvalue weighted by Gasteiger charge is 2.42. The van der Waals surface area contributed by atoms with Gasteiger partial charge in [0.15, 0.2) is 0 Å². The fraction of sp³-hybridized carbons (Fsp3) is 0.200. The summed E-state index contributed by atoms with van der Waals surface area (Å²) in [4.78, 5) is 29.9. The number of aromatic nitrogens is 1. The van der Waals surface area contributed by atoms with Crippen molar-refractivity contribution in [2.45, 2.75) is 12.5 Å². The number of hydrogen-bond donors (Lipinski definition) is 2. The lowest BCUT2D eigenvalue weighted by Crippen LogP contribution is -2.30. The molecule has 3 aromatic rings. The molecular formula is C20H18ClN3O2. The Morgan fingerprint density at radius 2 is 1.96 bits per heavy atom. The summed E-state index contributed by atoms with van der Waals surface area (Å²) in [6, 6.07) is 14.7. The number of fused-ring (bicyclic) bond motifs is 1. The maximum Gasteiger partial charge on any atom is 0.230 e. The van der Waals surface area contributed by atoms with E-state index < -0.39 is 5.92 Å². The second kappa shape index (κ2) is 6.50. The van der Waals surface area contributed by atoms with Gasteiger partial charge in [0.1, 0.15) is 0 Å². The van der Waals surface area contributed by atoms with E-state index in [2.05, 4.69) is 10.3 Å². The van der Waals surface area contributed by atoms with Gasteiger partial charge in [-0.05, 0) is 42.0 Å². The summed E-state index contributed by atoms with van der Waals surface area (Å²) in [6.07, 6.45) is 2.06. The van der Waals surface area contributed by atoms with Crippen molar-refractivity contribution < 1.29 is 9.59 Å². The highest BCUT2D eigenvalue weighted by atomic mass is 35.5. The van der Waals surface area contributed by atoms with Gasteiger partial charge in [-0.25, -0.2) is 0 Å². The number of halogens is 1. The summed E-state index contributed by atoms with van der Waals surface area (Å²) in [5.41, 5.74) is 2.64. The van der Waals surface area contributed by atoms with E-state index in [4.69, 9.17) is 11.6 Å². The molecule has 1 saturated heterocycles. The minimum Gasteiger partial charge on any atom is -0.361 e. The fourth-order valence-electron chi connectivity index (χ4n) is 3.59. The Bertz CT molecular complexity index is 980. The van der Waals surface area contributed by atoms with Gasteiger partial charge in [0.25, 0.3) is 0 Å². The van der Waals surface area contributed by atoms with Crippen LogP contribution in [0.15, 0.2) is 54.7 Å². The number of carbonyl (C=O) groups excluding carboxylic acids is 2. The number of aromatic amines is 1. The molecule has 2 atom stereocenters. The van der Waals surface area contributed by atoms with Crippen LogP contribution in [0, 0.1) is 5.92 Å². The number of rotatable bonds is 3. The van der Waals surface area contributed by atoms with E-state index in [9.17, 15) is 9.59 Å². The van der Waals surface area contributed by atoms with E-state index in [1.54, 1.807) is 24.1 Å². The highest BCUT2D eigenvalue weighted by Crippen LogP contribution is 2.38. The smallest absolute Gasteiger partial charge is 0.230 e. The number of amides is 2. The predicted octanol–water partition coefficient (Wildman–Crippen LogP) is 3.98. The third-order valence-electron chi connectivity index (χ3n) is 4.96. The third kappa shape index (κ3) is 2.95. The van der Waals surface area contributed by atoms with Gasteiger partial charge in [0.2, 0.25) is 11.8 Å². The quantitative estimate of drug-likeness (QED) is 0.735.